The van der Waals surface area contributed by atoms with Crippen LogP contribution in [0.3, 0.4) is 0 Å². The third-order valence-corrected chi connectivity index (χ3v) is 3.06. The summed E-state index contributed by atoms with van der Waals surface area (Å²) in [5, 5.41) is 3.64. The van der Waals surface area contributed by atoms with Crippen molar-refractivity contribution < 1.29 is 13.2 Å². The van der Waals surface area contributed by atoms with Crippen molar-refractivity contribution >= 4 is 10.9 Å². The number of nitrogens with one attached hydrogen (secondary N) is 1. The summed E-state index contributed by atoms with van der Waals surface area (Å²) in [7, 11) is 3.30. The molecule has 2 nitrogen and oxygen atoms in total. The number of hydrogen-bond acceptors (Lipinski definition) is 1. The van der Waals surface area contributed by atoms with E-state index in [4.69, 9.17) is 0 Å². The minimum Gasteiger partial charge on any atom is -0.340 e. The Morgan fingerprint density at radius 2 is 1.94 bits per heavy atom. The van der Waals surface area contributed by atoms with Crippen molar-refractivity contribution in [2.45, 2.75) is 12.6 Å². The molecule has 0 saturated carbocycles. The zero-order valence-corrected chi connectivity index (χ0v) is 10.3. The van der Waals surface area contributed by atoms with E-state index >= 15 is 0 Å². The molecule has 0 aliphatic carbocycles. The van der Waals surface area contributed by atoms with Crippen molar-refractivity contribution in [3.63, 3.8) is 0 Å². The predicted molar refractivity (Wildman–Crippen MR) is 65.6 cm³/mol. The first-order valence-electron chi connectivity index (χ1n) is 5.73. The molecule has 98 valence electrons. The maximum atomic E-state index is 12.8. The Morgan fingerprint density at radius 1 is 1.22 bits per heavy atom. The topological polar surface area (TPSA) is 17.0 Å². The Bertz CT molecular complexity index is 555. The minimum absolute atomic E-state index is 0.608. The van der Waals surface area contributed by atoms with Crippen LogP contribution in [0.2, 0.25) is 0 Å². The molecular weight excluding hydrogens is 241 g/mol. The highest BCUT2D eigenvalue weighted by Gasteiger charge is 2.34. The van der Waals surface area contributed by atoms with E-state index in [9.17, 15) is 13.2 Å². The third-order valence-electron chi connectivity index (χ3n) is 3.06. The second-order valence-electron chi connectivity index (χ2n) is 4.33. The van der Waals surface area contributed by atoms with E-state index in [1.54, 1.807) is 6.07 Å². The number of alkyl halides is 3. The second-order valence-corrected chi connectivity index (χ2v) is 4.33. The van der Waals surface area contributed by atoms with E-state index < -0.39 is 11.9 Å². The van der Waals surface area contributed by atoms with Crippen LogP contribution in [0.15, 0.2) is 24.3 Å². The van der Waals surface area contributed by atoms with E-state index in [2.05, 4.69) is 5.32 Å². The fourth-order valence-corrected chi connectivity index (χ4v) is 2.07. The number of halogens is 3. The summed E-state index contributed by atoms with van der Waals surface area (Å²) in [6.45, 7) is 0.808. The maximum Gasteiger partial charge on any atom is 0.431 e. The van der Waals surface area contributed by atoms with Gasteiger partial charge in [0.15, 0.2) is 0 Å². The van der Waals surface area contributed by atoms with Crippen molar-refractivity contribution in [3.8, 4) is 0 Å². The lowest BCUT2D eigenvalue weighted by molar-refractivity contribution is -0.142. The van der Waals surface area contributed by atoms with Gasteiger partial charge < -0.3 is 9.88 Å². The molecule has 2 aromatic rings. The lowest BCUT2D eigenvalue weighted by atomic mass is 10.1. The summed E-state index contributed by atoms with van der Waals surface area (Å²) < 4.78 is 39.5. The monoisotopic (exact) mass is 256 g/mol. The molecular formula is C13H15F3N2. The van der Waals surface area contributed by atoms with Crippen molar-refractivity contribution in [1.82, 2.24) is 9.88 Å². The van der Waals surface area contributed by atoms with Crippen LogP contribution in [0.4, 0.5) is 13.2 Å². The zero-order chi connectivity index (χ0) is 13.3. The Balaban J connectivity index is 2.47. The summed E-state index contributed by atoms with van der Waals surface area (Å²) in [6.07, 6.45) is -3.50. The van der Waals surface area contributed by atoms with Gasteiger partial charge in [0.05, 0.1) is 0 Å². The SMILES string of the molecule is CNCCc1ccc2cc(C(F)(F)F)n(C)c2c1. The van der Waals surface area contributed by atoms with Gasteiger partial charge in [0.1, 0.15) is 5.69 Å². The van der Waals surface area contributed by atoms with Crippen LogP contribution in [0.25, 0.3) is 10.9 Å². The molecule has 1 heterocycles. The lowest BCUT2D eigenvalue weighted by Gasteiger charge is -2.08. The number of hydrogen-bond donors (Lipinski definition) is 1. The van der Waals surface area contributed by atoms with Gasteiger partial charge >= 0.3 is 6.18 Å². The molecule has 0 aliphatic rings. The highest BCUT2D eigenvalue weighted by atomic mass is 19.4. The van der Waals surface area contributed by atoms with Gasteiger partial charge in [0, 0.05) is 18.0 Å². The first-order valence-corrected chi connectivity index (χ1v) is 5.73. The normalized spacial score (nSPS) is 12.3. The summed E-state index contributed by atoms with van der Waals surface area (Å²) >= 11 is 0. The fourth-order valence-electron chi connectivity index (χ4n) is 2.07. The largest absolute Gasteiger partial charge is 0.431 e. The minimum atomic E-state index is -4.31. The number of rotatable bonds is 3. The van der Waals surface area contributed by atoms with Gasteiger partial charge in [-0.2, -0.15) is 13.2 Å². The van der Waals surface area contributed by atoms with Crippen LogP contribution in [-0.2, 0) is 19.6 Å². The summed E-state index contributed by atoms with van der Waals surface area (Å²) in [5.41, 5.74) is 1.05. The van der Waals surface area contributed by atoms with Crippen molar-refractivity contribution in [3.05, 3.63) is 35.5 Å². The number of aryl methyl sites for hydroxylation is 1. The molecule has 0 atom stereocenters. The Morgan fingerprint density at radius 3 is 2.56 bits per heavy atom. The van der Waals surface area contributed by atoms with Gasteiger partial charge in [0.2, 0.25) is 0 Å². The maximum absolute atomic E-state index is 12.8. The predicted octanol–water partition coefficient (Wildman–Crippen LogP) is 2.96. The number of fused-ring (bicyclic) bond motifs is 1. The number of benzene rings is 1. The van der Waals surface area contributed by atoms with Gasteiger partial charge in [-0.05, 0) is 37.7 Å². The van der Waals surface area contributed by atoms with E-state index in [1.807, 2.05) is 19.2 Å². The fraction of sp³-hybridized carbons (Fsp3) is 0.385. The molecule has 0 amide bonds. The van der Waals surface area contributed by atoms with Crippen LogP contribution in [0, 0.1) is 0 Å². The number of nitrogens with zero attached hydrogens (tertiary/aromatic N) is 1. The van der Waals surface area contributed by atoms with Gasteiger partial charge in [-0.3, -0.25) is 0 Å². The molecule has 0 unspecified atom stereocenters. The Hall–Kier alpha value is -1.49. The number of likely N-dealkylation sites (N-methyl/N-ethyl adjacent to an activating group) is 1. The Kier molecular flexibility index (Phi) is 3.34. The average Bonchev–Trinajstić information content (AvgIpc) is 2.64. The highest BCUT2D eigenvalue weighted by molar-refractivity contribution is 5.82. The Labute approximate surface area is 103 Å². The molecule has 0 fully saturated rings. The van der Waals surface area contributed by atoms with Crippen LogP contribution >= 0.6 is 0 Å². The van der Waals surface area contributed by atoms with Crippen LogP contribution < -0.4 is 5.32 Å². The molecule has 18 heavy (non-hydrogen) atoms. The lowest BCUT2D eigenvalue weighted by Crippen LogP contribution is -2.11. The van der Waals surface area contributed by atoms with E-state index in [-0.39, 0.29) is 0 Å². The van der Waals surface area contributed by atoms with Crippen LogP contribution in [0.5, 0.6) is 0 Å². The summed E-state index contributed by atoms with van der Waals surface area (Å²) in [4.78, 5) is 0. The standard InChI is InChI=1S/C13H15F3N2/c1-17-6-5-9-3-4-10-8-12(13(14,15)16)18(2)11(10)7-9/h3-4,7-8,17H,5-6H2,1-2H3. The van der Waals surface area contributed by atoms with Crippen LogP contribution in [0.1, 0.15) is 11.3 Å². The van der Waals surface area contributed by atoms with E-state index in [0.717, 1.165) is 18.5 Å². The average molecular weight is 256 g/mol. The molecule has 1 N–H and O–H groups in total. The summed E-state index contributed by atoms with van der Waals surface area (Å²) in [5.74, 6) is 0. The molecule has 0 radical (unpaired) electrons. The van der Waals surface area contributed by atoms with Crippen molar-refractivity contribution in [2.24, 2.45) is 7.05 Å². The first-order chi connectivity index (χ1) is 8.43. The van der Waals surface area contributed by atoms with E-state index in [1.165, 1.54) is 17.7 Å². The molecule has 1 aromatic heterocycles. The van der Waals surface area contributed by atoms with Gasteiger partial charge in [-0.1, -0.05) is 12.1 Å². The van der Waals surface area contributed by atoms with Crippen molar-refractivity contribution in [1.29, 1.82) is 0 Å². The molecule has 0 spiro atoms. The molecule has 0 aliphatic heterocycles. The molecule has 1 aromatic carbocycles. The third kappa shape index (κ3) is 2.36. The number of aromatic nitrogens is 1. The van der Waals surface area contributed by atoms with Gasteiger partial charge in [-0.25, -0.2) is 0 Å². The van der Waals surface area contributed by atoms with Gasteiger partial charge in [-0.15, -0.1) is 0 Å². The smallest absolute Gasteiger partial charge is 0.340 e. The quantitative estimate of drug-likeness (QED) is 0.893. The van der Waals surface area contributed by atoms with E-state index in [0.29, 0.717) is 10.9 Å². The van der Waals surface area contributed by atoms with Crippen LogP contribution in [-0.4, -0.2) is 18.2 Å². The molecule has 0 bridgehead atoms. The highest BCUT2D eigenvalue weighted by Crippen LogP contribution is 2.33. The second kappa shape index (κ2) is 4.65. The summed E-state index contributed by atoms with van der Waals surface area (Å²) in [6, 6.07) is 6.63. The first kappa shape index (κ1) is 13.0. The molecule has 2 rings (SSSR count). The zero-order valence-electron chi connectivity index (χ0n) is 10.3. The molecule has 5 heteroatoms. The van der Waals surface area contributed by atoms with Gasteiger partial charge in [0.25, 0.3) is 0 Å². The van der Waals surface area contributed by atoms with Crippen molar-refractivity contribution in [2.75, 3.05) is 13.6 Å². The molecule has 0 saturated heterocycles.